The van der Waals surface area contributed by atoms with Crippen molar-refractivity contribution in [3.63, 3.8) is 0 Å². The van der Waals surface area contributed by atoms with Crippen LogP contribution in [0.25, 0.3) is 11.1 Å². The topological polar surface area (TPSA) is 43.4 Å². The van der Waals surface area contributed by atoms with Crippen LogP contribution < -0.4 is 4.74 Å². The lowest BCUT2D eigenvalue weighted by molar-refractivity contribution is 0.416. The molecule has 100 valence electrons. The fraction of sp³-hybridized carbons (Fsp3) is 0.0769. The van der Waals surface area contributed by atoms with E-state index in [-0.39, 0.29) is 4.90 Å². The van der Waals surface area contributed by atoms with Gasteiger partial charge in [-0.15, -0.1) is 0 Å². The van der Waals surface area contributed by atoms with Crippen molar-refractivity contribution in [3.05, 3.63) is 47.5 Å². The van der Waals surface area contributed by atoms with Gasteiger partial charge >= 0.3 is 0 Å². The first-order chi connectivity index (χ1) is 8.93. The van der Waals surface area contributed by atoms with Crippen LogP contribution in [0.2, 0.25) is 5.02 Å². The maximum atomic E-state index is 11.2. The molecule has 0 saturated heterocycles. The summed E-state index contributed by atoms with van der Waals surface area (Å²) in [5, 5.41) is 0.297. The number of para-hydroxylation sites is 1. The molecule has 0 unspecified atom stereocenters. The molecule has 0 N–H and O–H groups in total. The van der Waals surface area contributed by atoms with E-state index in [0.29, 0.717) is 16.3 Å². The second-order valence-electron chi connectivity index (χ2n) is 3.78. The highest BCUT2D eigenvalue weighted by atomic mass is 35.7. The van der Waals surface area contributed by atoms with E-state index in [1.165, 1.54) is 12.1 Å². The summed E-state index contributed by atoms with van der Waals surface area (Å²) >= 11 is 6.12. The van der Waals surface area contributed by atoms with Gasteiger partial charge in [0.25, 0.3) is 9.05 Å². The zero-order chi connectivity index (χ0) is 14.0. The van der Waals surface area contributed by atoms with Gasteiger partial charge in [-0.3, -0.25) is 0 Å². The molecule has 0 fully saturated rings. The number of rotatable bonds is 3. The maximum Gasteiger partial charge on any atom is 0.261 e. The summed E-state index contributed by atoms with van der Waals surface area (Å²) < 4.78 is 27.7. The van der Waals surface area contributed by atoms with Gasteiger partial charge in [0.2, 0.25) is 0 Å². The van der Waals surface area contributed by atoms with Crippen molar-refractivity contribution in [2.24, 2.45) is 0 Å². The molecular formula is C13H10Cl2O3S. The number of hydrogen-bond donors (Lipinski definition) is 0. The normalized spacial score (nSPS) is 11.3. The zero-order valence-corrected chi connectivity index (χ0v) is 12.3. The summed E-state index contributed by atoms with van der Waals surface area (Å²) in [7, 11) is 3.05. The Morgan fingerprint density at radius 1 is 1.05 bits per heavy atom. The van der Waals surface area contributed by atoms with E-state index >= 15 is 0 Å². The molecule has 0 aromatic heterocycles. The van der Waals surface area contributed by atoms with Crippen molar-refractivity contribution in [1.82, 2.24) is 0 Å². The Morgan fingerprint density at radius 3 is 2.32 bits per heavy atom. The predicted octanol–water partition coefficient (Wildman–Crippen LogP) is 3.94. The van der Waals surface area contributed by atoms with E-state index in [1.807, 2.05) is 18.2 Å². The Bertz CT molecular complexity index is 712. The number of ether oxygens (including phenoxy) is 1. The van der Waals surface area contributed by atoms with Crippen LogP contribution in [-0.4, -0.2) is 15.5 Å². The minimum absolute atomic E-state index is 0.0298. The van der Waals surface area contributed by atoms with Gasteiger partial charge in [-0.2, -0.15) is 0 Å². The molecule has 2 rings (SSSR count). The minimum Gasteiger partial charge on any atom is -0.496 e. The third-order valence-corrected chi connectivity index (χ3v) is 4.28. The van der Waals surface area contributed by atoms with Gasteiger partial charge in [-0.1, -0.05) is 35.9 Å². The van der Waals surface area contributed by atoms with E-state index in [0.717, 1.165) is 5.56 Å². The summed E-state index contributed by atoms with van der Waals surface area (Å²) in [4.78, 5) is -0.0298. The van der Waals surface area contributed by atoms with E-state index in [2.05, 4.69) is 0 Å². The summed E-state index contributed by atoms with van der Waals surface area (Å²) in [6.07, 6.45) is 0. The molecule has 19 heavy (non-hydrogen) atoms. The van der Waals surface area contributed by atoms with Gasteiger partial charge in [0.05, 0.1) is 12.0 Å². The van der Waals surface area contributed by atoms with E-state index in [9.17, 15) is 8.42 Å². The molecule has 6 heteroatoms. The molecule has 0 aliphatic rings. The molecule has 0 atom stereocenters. The van der Waals surface area contributed by atoms with Crippen molar-refractivity contribution < 1.29 is 13.2 Å². The summed E-state index contributed by atoms with van der Waals surface area (Å²) in [6, 6.07) is 11.7. The first kappa shape index (κ1) is 14.2. The number of halogens is 2. The van der Waals surface area contributed by atoms with Gasteiger partial charge in [-0.25, -0.2) is 8.42 Å². The second-order valence-corrected chi connectivity index (χ2v) is 6.75. The summed E-state index contributed by atoms with van der Waals surface area (Å²) in [6.45, 7) is 0. The largest absolute Gasteiger partial charge is 0.496 e. The fourth-order valence-corrected chi connectivity index (χ4v) is 2.86. The van der Waals surface area contributed by atoms with Crippen LogP contribution in [0, 0.1) is 0 Å². The Labute approximate surface area is 121 Å². The Balaban J connectivity index is 2.59. The van der Waals surface area contributed by atoms with Gasteiger partial charge in [0, 0.05) is 26.8 Å². The van der Waals surface area contributed by atoms with E-state index in [1.54, 1.807) is 19.2 Å². The Hall–Kier alpha value is -1.23. The Morgan fingerprint density at radius 2 is 1.74 bits per heavy atom. The quantitative estimate of drug-likeness (QED) is 0.805. The monoisotopic (exact) mass is 316 g/mol. The number of methoxy groups -OCH3 is 1. The van der Waals surface area contributed by atoms with E-state index in [4.69, 9.17) is 27.0 Å². The molecule has 0 heterocycles. The predicted molar refractivity (Wildman–Crippen MR) is 76.5 cm³/mol. The zero-order valence-electron chi connectivity index (χ0n) is 9.93. The number of benzene rings is 2. The second kappa shape index (κ2) is 5.41. The lowest BCUT2D eigenvalue weighted by Crippen LogP contribution is -1.92. The van der Waals surface area contributed by atoms with Crippen molar-refractivity contribution in [3.8, 4) is 16.9 Å². The van der Waals surface area contributed by atoms with Crippen molar-refractivity contribution in [1.29, 1.82) is 0 Å². The molecule has 0 radical (unpaired) electrons. The van der Waals surface area contributed by atoms with Gasteiger partial charge < -0.3 is 4.74 Å². The van der Waals surface area contributed by atoms with Crippen molar-refractivity contribution in [2.75, 3.05) is 7.11 Å². The van der Waals surface area contributed by atoms with Crippen LogP contribution in [0.1, 0.15) is 0 Å². The van der Waals surface area contributed by atoms with Crippen LogP contribution in [0.3, 0.4) is 0 Å². The van der Waals surface area contributed by atoms with Crippen molar-refractivity contribution in [2.45, 2.75) is 4.90 Å². The standard InChI is InChI=1S/C13H10Cl2O3S/c1-18-13-5-3-2-4-11(13)10-7-6-9(8-12(10)14)19(15,16)17/h2-8H,1H3. The van der Waals surface area contributed by atoms with Gasteiger partial charge in [0.1, 0.15) is 5.75 Å². The molecule has 3 nitrogen and oxygen atoms in total. The van der Waals surface area contributed by atoms with Crippen LogP contribution in [0.5, 0.6) is 5.75 Å². The molecule has 0 saturated carbocycles. The SMILES string of the molecule is COc1ccccc1-c1ccc(S(=O)(=O)Cl)cc1Cl. The van der Waals surface area contributed by atoms with Crippen LogP contribution in [0.4, 0.5) is 0 Å². The fourth-order valence-electron chi connectivity index (χ4n) is 1.73. The number of hydrogen-bond acceptors (Lipinski definition) is 3. The minimum atomic E-state index is -3.78. The highest BCUT2D eigenvalue weighted by Gasteiger charge is 2.14. The average Bonchev–Trinajstić information content (AvgIpc) is 2.37. The molecule has 2 aromatic rings. The van der Waals surface area contributed by atoms with Gasteiger partial charge in [-0.05, 0) is 18.2 Å². The summed E-state index contributed by atoms with van der Waals surface area (Å²) in [5.74, 6) is 0.658. The van der Waals surface area contributed by atoms with Crippen LogP contribution in [0.15, 0.2) is 47.4 Å². The molecular weight excluding hydrogens is 307 g/mol. The summed E-state index contributed by atoms with van der Waals surface area (Å²) in [5.41, 5.74) is 1.47. The molecule has 0 spiro atoms. The third-order valence-electron chi connectivity index (χ3n) is 2.62. The average molecular weight is 317 g/mol. The highest BCUT2D eigenvalue weighted by molar-refractivity contribution is 8.13. The first-order valence-electron chi connectivity index (χ1n) is 5.31. The van der Waals surface area contributed by atoms with Crippen LogP contribution >= 0.6 is 22.3 Å². The van der Waals surface area contributed by atoms with E-state index < -0.39 is 9.05 Å². The van der Waals surface area contributed by atoms with Crippen LogP contribution in [-0.2, 0) is 9.05 Å². The lowest BCUT2D eigenvalue weighted by Gasteiger charge is -2.10. The first-order valence-corrected chi connectivity index (χ1v) is 8.00. The third kappa shape index (κ3) is 3.03. The van der Waals surface area contributed by atoms with Crippen molar-refractivity contribution >= 4 is 31.3 Å². The smallest absolute Gasteiger partial charge is 0.261 e. The molecule has 2 aromatic carbocycles. The molecule has 0 aliphatic heterocycles. The highest BCUT2D eigenvalue weighted by Crippen LogP contribution is 2.36. The molecule has 0 amide bonds. The maximum absolute atomic E-state index is 11.2. The lowest BCUT2D eigenvalue weighted by atomic mass is 10.0. The molecule has 0 bridgehead atoms. The Kier molecular flexibility index (Phi) is 4.04. The molecule has 0 aliphatic carbocycles. The van der Waals surface area contributed by atoms with Gasteiger partial charge in [0.15, 0.2) is 0 Å².